The number of urea groups is 1. The number of amides is 2. The van der Waals surface area contributed by atoms with E-state index in [9.17, 15) is 9.59 Å². The Morgan fingerprint density at radius 2 is 1.82 bits per heavy atom. The lowest BCUT2D eigenvalue weighted by molar-refractivity contribution is 0.0697. The molecule has 1 aromatic rings. The Hall–Kier alpha value is -2.04. The highest BCUT2D eigenvalue weighted by molar-refractivity contribution is 5.87. The molecule has 1 rings (SSSR count). The number of benzene rings is 1. The van der Waals surface area contributed by atoms with Gasteiger partial charge in [0.1, 0.15) is 0 Å². The summed E-state index contributed by atoms with van der Waals surface area (Å²) < 4.78 is 0. The van der Waals surface area contributed by atoms with Crippen LogP contribution in [-0.4, -0.2) is 23.1 Å². The minimum absolute atomic E-state index is 0.0874. The molecule has 0 aliphatic rings. The third kappa shape index (κ3) is 4.55. The maximum Gasteiger partial charge on any atom is 0.335 e. The first-order chi connectivity index (χ1) is 7.99. The molecule has 0 aliphatic carbocycles. The predicted octanol–water partition coefficient (Wildman–Crippen LogP) is 1.59. The van der Waals surface area contributed by atoms with Crippen LogP contribution in [0, 0.1) is 0 Å². The smallest absolute Gasteiger partial charge is 0.335 e. The van der Waals surface area contributed by atoms with E-state index in [-0.39, 0.29) is 17.6 Å². The van der Waals surface area contributed by atoms with Gasteiger partial charge in [0.05, 0.1) is 5.56 Å². The van der Waals surface area contributed by atoms with E-state index in [1.807, 2.05) is 13.8 Å². The first kappa shape index (κ1) is 13.0. The van der Waals surface area contributed by atoms with Gasteiger partial charge in [0.15, 0.2) is 0 Å². The Balaban J connectivity index is 2.47. The second-order valence-corrected chi connectivity index (χ2v) is 3.98. The van der Waals surface area contributed by atoms with Gasteiger partial charge in [0, 0.05) is 12.6 Å². The Bertz CT molecular complexity index is 399. The summed E-state index contributed by atoms with van der Waals surface area (Å²) in [6, 6.07) is 6.24. The zero-order valence-electron chi connectivity index (χ0n) is 9.86. The number of hydrogen-bond acceptors (Lipinski definition) is 2. The zero-order chi connectivity index (χ0) is 12.8. The summed E-state index contributed by atoms with van der Waals surface area (Å²) in [5.74, 6) is -0.956. The Morgan fingerprint density at radius 3 is 2.29 bits per heavy atom. The van der Waals surface area contributed by atoms with Crippen molar-refractivity contribution in [2.45, 2.75) is 26.4 Å². The number of carboxylic acid groups (broad SMARTS) is 1. The van der Waals surface area contributed by atoms with Gasteiger partial charge < -0.3 is 15.7 Å². The molecule has 0 aromatic heterocycles. The van der Waals surface area contributed by atoms with Gasteiger partial charge in [-0.2, -0.15) is 0 Å². The van der Waals surface area contributed by atoms with Gasteiger partial charge >= 0.3 is 12.0 Å². The van der Waals surface area contributed by atoms with Crippen molar-refractivity contribution in [3.05, 3.63) is 35.4 Å². The van der Waals surface area contributed by atoms with E-state index in [4.69, 9.17) is 5.11 Å². The monoisotopic (exact) mass is 236 g/mol. The summed E-state index contributed by atoms with van der Waals surface area (Å²) in [5, 5.41) is 14.1. The van der Waals surface area contributed by atoms with Gasteiger partial charge in [-0.3, -0.25) is 0 Å². The molecule has 92 valence electrons. The van der Waals surface area contributed by atoms with E-state index >= 15 is 0 Å². The Kier molecular flexibility index (Phi) is 4.51. The molecule has 0 spiro atoms. The molecule has 2 amide bonds. The number of carbonyl (C=O) groups is 2. The molecule has 0 saturated heterocycles. The average Bonchev–Trinajstić information content (AvgIpc) is 2.26. The van der Waals surface area contributed by atoms with E-state index in [0.29, 0.717) is 6.54 Å². The third-order valence-electron chi connectivity index (χ3n) is 2.07. The van der Waals surface area contributed by atoms with Crippen molar-refractivity contribution in [1.82, 2.24) is 10.6 Å². The number of nitrogens with one attached hydrogen (secondary N) is 2. The summed E-state index contributed by atoms with van der Waals surface area (Å²) in [5.41, 5.74) is 1.09. The van der Waals surface area contributed by atoms with Crippen LogP contribution in [0.25, 0.3) is 0 Å². The molecule has 5 heteroatoms. The van der Waals surface area contributed by atoms with Crippen molar-refractivity contribution >= 4 is 12.0 Å². The molecule has 1 aromatic carbocycles. The Labute approximate surface area is 99.8 Å². The first-order valence-corrected chi connectivity index (χ1v) is 5.35. The van der Waals surface area contributed by atoms with Gasteiger partial charge in [-0.05, 0) is 31.5 Å². The van der Waals surface area contributed by atoms with Crippen molar-refractivity contribution < 1.29 is 14.7 Å². The number of aromatic carboxylic acids is 1. The standard InChI is InChI=1S/C12H16N2O3/c1-8(2)14-12(17)13-7-9-3-5-10(6-4-9)11(15)16/h3-6,8H,7H2,1-2H3,(H,15,16)(H2,13,14,17). The van der Waals surface area contributed by atoms with Gasteiger partial charge in [0.2, 0.25) is 0 Å². The van der Waals surface area contributed by atoms with Gasteiger partial charge in [-0.15, -0.1) is 0 Å². The second-order valence-electron chi connectivity index (χ2n) is 3.98. The third-order valence-corrected chi connectivity index (χ3v) is 2.07. The fourth-order valence-corrected chi connectivity index (χ4v) is 1.26. The molecule has 3 N–H and O–H groups in total. The molecule has 0 bridgehead atoms. The maximum absolute atomic E-state index is 11.3. The van der Waals surface area contributed by atoms with Crippen molar-refractivity contribution in [3.8, 4) is 0 Å². The molecule has 0 fully saturated rings. The summed E-state index contributed by atoms with van der Waals surface area (Å²) in [7, 11) is 0. The molecule has 0 unspecified atom stereocenters. The lowest BCUT2D eigenvalue weighted by Crippen LogP contribution is -2.39. The average molecular weight is 236 g/mol. The number of carbonyl (C=O) groups excluding carboxylic acids is 1. The van der Waals surface area contributed by atoms with Crippen molar-refractivity contribution in [1.29, 1.82) is 0 Å². The van der Waals surface area contributed by atoms with Crippen molar-refractivity contribution in [2.24, 2.45) is 0 Å². The topological polar surface area (TPSA) is 78.4 Å². The molecule has 0 aliphatic heterocycles. The molecule has 0 heterocycles. The molecule has 0 atom stereocenters. The van der Waals surface area contributed by atoms with Crippen molar-refractivity contribution in [3.63, 3.8) is 0 Å². The largest absolute Gasteiger partial charge is 0.478 e. The fraction of sp³-hybridized carbons (Fsp3) is 0.333. The Morgan fingerprint density at radius 1 is 1.24 bits per heavy atom. The summed E-state index contributed by atoms with van der Waals surface area (Å²) >= 11 is 0. The normalized spacial score (nSPS) is 10.1. The van der Waals surface area contributed by atoms with Crippen LogP contribution in [0.1, 0.15) is 29.8 Å². The molecule has 0 radical (unpaired) electrons. The van der Waals surface area contributed by atoms with Gasteiger partial charge in [-0.25, -0.2) is 9.59 Å². The minimum atomic E-state index is -0.956. The van der Waals surface area contributed by atoms with E-state index in [2.05, 4.69) is 10.6 Å². The molecular formula is C12H16N2O3. The first-order valence-electron chi connectivity index (χ1n) is 5.35. The SMILES string of the molecule is CC(C)NC(=O)NCc1ccc(C(=O)O)cc1. The molecule has 0 saturated carbocycles. The lowest BCUT2D eigenvalue weighted by atomic mass is 10.1. The van der Waals surface area contributed by atoms with Crippen LogP contribution in [0.5, 0.6) is 0 Å². The molecule has 5 nitrogen and oxygen atoms in total. The van der Waals surface area contributed by atoms with Crippen LogP contribution in [0.4, 0.5) is 4.79 Å². The van der Waals surface area contributed by atoms with E-state index < -0.39 is 5.97 Å². The number of rotatable bonds is 4. The highest BCUT2D eigenvalue weighted by Crippen LogP contribution is 2.04. The van der Waals surface area contributed by atoms with Crippen molar-refractivity contribution in [2.75, 3.05) is 0 Å². The van der Waals surface area contributed by atoms with E-state index in [0.717, 1.165) is 5.56 Å². The fourth-order valence-electron chi connectivity index (χ4n) is 1.26. The van der Waals surface area contributed by atoms with Gasteiger partial charge in [-0.1, -0.05) is 12.1 Å². The van der Waals surface area contributed by atoms with Crippen LogP contribution in [0.3, 0.4) is 0 Å². The summed E-state index contributed by atoms with van der Waals surface area (Å²) in [6.07, 6.45) is 0. The number of carboxylic acids is 1. The van der Waals surface area contributed by atoms with E-state index in [1.165, 1.54) is 12.1 Å². The van der Waals surface area contributed by atoms with E-state index in [1.54, 1.807) is 12.1 Å². The lowest BCUT2D eigenvalue weighted by Gasteiger charge is -2.10. The maximum atomic E-state index is 11.3. The summed E-state index contributed by atoms with van der Waals surface area (Å²) in [6.45, 7) is 4.13. The number of hydrogen-bond donors (Lipinski definition) is 3. The van der Waals surface area contributed by atoms with Gasteiger partial charge in [0.25, 0.3) is 0 Å². The second kappa shape index (κ2) is 5.89. The predicted molar refractivity (Wildman–Crippen MR) is 63.9 cm³/mol. The quantitative estimate of drug-likeness (QED) is 0.742. The minimum Gasteiger partial charge on any atom is -0.478 e. The van der Waals surface area contributed by atoms with Crippen LogP contribution >= 0.6 is 0 Å². The van der Waals surface area contributed by atoms with Crippen LogP contribution in [-0.2, 0) is 6.54 Å². The highest BCUT2D eigenvalue weighted by Gasteiger charge is 2.04. The zero-order valence-corrected chi connectivity index (χ0v) is 9.86. The summed E-state index contributed by atoms with van der Waals surface area (Å²) in [4.78, 5) is 21.9. The molecular weight excluding hydrogens is 220 g/mol. The van der Waals surface area contributed by atoms with Crippen LogP contribution in [0.15, 0.2) is 24.3 Å². The van der Waals surface area contributed by atoms with Crippen LogP contribution in [0.2, 0.25) is 0 Å². The molecule has 17 heavy (non-hydrogen) atoms. The highest BCUT2D eigenvalue weighted by atomic mass is 16.4. The van der Waals surface area contributed by atoms with Crippen LogP contribution < -0.4 is 10.6 Å².